The summed E-state index contributed by atoms with van der Waals surface area (Å²) in [4.78, 5) is 31.2. The molecule has 0 saturated heterocycles. The number of carbonyl (C=O) groups excluding carboxylic acids is 3. The topological polar surface area (TPSA) is 63.2 Å². The summed E-state index contributed by atoms with van der Waals surface area (Å²) in [6, 6.07) is 10.0. The van der Waals surface area contributed by atoms with Gasteiger partial charge in [-0.2, -0.15) is 0 Å². The van der Waals surface area contributed by atoms with Crippen molar-refractivity contribution in [2.45, 2.75) is 13.8 Å². The number of hydrogen-bond acceptors (Lipinski definition) is 5. The Morgan fingerprint density at radius 2 is 1.73 bits per heavy atom. The van der Waals surface area contributed by atoms with Gasteiger partial charge in [-0.25, -0.2) is 0 Å². The zero-order chi connectivity index (χ0) is 16.7. The zero-order valence-electron chi connectivity index (χ0n) is 12.5. The lowest BCUT2D eigenvalue weighted by atomic mass is 10.1. The minimum Gasteiger partial charge on any atom is -0.379 e. The lowest BCUT2D eigenvalue weighted by Crippen LogP contribution is -1.94. The Balaban J connectivity index is 0.000000422. The number of benzene rings is 1. The first-order valence-corrected chi connectivity index (χ1v) is 8.04. The summed E-state index contributed by atoms with van der Waals surface area (Å²) in [5, 5.41) is 3.99. The lowest BCUT2D eigenvalue weighted by Gasteiger charge is -1.97. The van der Waals surface area contributed by atoms with E-state index < -0.39 is 5.78 Å². The molecule has 0 spiro atoms. The zero-order valence-corrected chi connectivity index (χ0v) is 14.9. The molecule has 0 atom stereocenters. The molecule has 2 rings (SSSR count). The van der Waals surface area contributed by atoms with Crippen LogP contribution in [0.25, 0.3) is 10.4 Å². The van der Waals surface area contributed by atoms with E-state index in [0.29, 0.717) is 0 Å². The summed E-state index contributed by atoms with van der Waals surface area (Å²) in [6.45, 7) is 2.81. The number of aldehydes is 1. The fourth-order valence-corrected chi connectivity index (χ4v) is 2.92. The second-order valence-corrected chi connectivity index (χ2v) is 6.36. The van der Waals surface area contributed by atoms with Crippen LogP contribution in [0.4, 0.5) is 5.00 Å². The molecule has 0 amide bonds. The van der Waals surface area contributed by atoms with Gasteiger partial charge in [0, 0.05) is 23.3 Å². The lowest BCUT2D eigenvalue weighted by molar-refractivity contribution is -0.128. The maximum Gasteiger partial charge on any atom is 0.192 e. The minimum absolute atomic E-state index is 0.0916. The van der Waals surface area contributed by atoms with Crippen LogP contribution in [0.3, 0.4) is 0 Å². The molecule has 22 heavy (non-hydrogen) atoms. The Morgan fingerprint density at radius 3 is 2.09 bits per heavy atom. The van der Waals surface area contributed by atoms with Crippen LogP contribution < -0.4 is 5.32 Å². The Kier molecular flexibility index (Phi) is 7.14. The maximum absolute atomic E-state index is 11.5. The van der Waals surface area contributed by atoms with Crippen molar-refractivity contribution in [3.05, 3.63) is 40.4 Å². The van der Waals surface area contributed by atoms with Crippen molar-refractivity contribution in [2.75, 3.05) is 12.4 Å². The van der Waals surface area contributed by atoms with Crippen LogP contribution in [-0.2, 0) is 9.59 Å². The predicted octanol–water partition coefficient (Wildman–Crippen LogP) is 4.20. The van der Waals surface area contributed by atoms with E-state index in [2.05, 4.69) is 21.2 Å². The molecule has 1 heterocycles. The monoisotopic (exact) mass is 381 g/mol. The van der Waals surface area contributed by atoms with Crippen molar-refractivity contribution in [3.63, 3.8) is 0 Å². The van der Waals surface area contributed by atoms with Gasteiger partial charge in [-0.1, -0.05) is 28.1 Å². The number of anilines is 1. The van der Waals surface area contributed by atoms with Crippen molar-refractivity contribution in [2.24, 2.45) is 0 Å². The van der Waals surface area contributed by atoms with Crippen molar-refractivity contribution >= 4 is 50.1 Å². The van der Waals surface area contributed by atoms with E-state index in [1.165, 1.54) is 6.92 Å². The summed E-state index contributed by atoms with van der Waals surface area (Å²) in [7, 11) is 1.84. The molecule has 6 heteroatoms. The number of hydrogen-bond donors (Lipinski definition) is 1. The maximum atomic E-state index is 11.5. The molecule has 1 aromatic carbocycles. The summed E-state index contributed by atoms with van der Waals surface area (Å²) in [5.74, 6) is -0.334. The first kappa shape index (κ1) is 18.3. The van der Waals surface area contributed by atoms with E-state index in [1.54, 1.807) is 18.3 Å². The highest BCUT2D eigenvalue weighted by Gasteiger charge is 2.12. The average Bonchev–Trinajstić information content (AvgIpc) is 2.93. The highest BCUT2D eigenvalue weighted by atomic mass is 79.9. The molecule has 0 aliphatic heterocycles. The third-order valence-electron chi connectivity index (χ3n) is 2.63. The molecule has 0 saturated carbocycles. The van der Waals surface area contributed by atoms with Gasteiger partial charge >= 0.3 is 0 Å². The molecule has 1 aromatic heterocycles. The van der Waals surface area contributed by atoms with Gasteiger partial charge < -0.3 is 5.32 Å². The van der Waals surface area contributed by atoms with Crippen molar-refractivity contribution in [3.8, 4) is 10.4 Å². The minimum atomic E-state index is -0.426. The summed E-state index contributed by atoms with van der Waals surface area (Å²) >= 11 is 5.01. The quantitative estimate of drug-likeness (QED) is 0.489. The van der Waals surface area contributed by atoms with Crippen molar-refractivity contribution in [1.82, 2.24) is 0 Å². The van der Waals surface area contributed by atoms with Crippen LogP contribution >= 0.6 is 27.3 Å². The van der Waals surface area contributed by atoms with Gasteiger partial charge in [0.05, 0.1) is 10.6 Å². The second-order valence-electron chi connectivity index (χ2n) is 4.40. The third kappa shape index (κ3) is 5.20. The van der Waals surface area contributed by atoms with Crippen LogP contribution in [0.5, 0.6) is 0 Å². The number of ketones is 2. The number of nitrogens with one attached hydrogen (secondary N) is 1. The molecular formula is C16H16BrNO3S. The molecule has 0 radical (unpaired) electrons. The SMILES string of the molecule is CC(=O)C=O.CNc1sc(-c2ccc(Br)cc2)cc1C(C)=O. The Labute approximate surface area is 141 Å². The first-order valence-electron chi connectivity index (χ1n) is 6.43. The summed E-state index contributed by atoms with van der Waals surface area (Å²) in [6.07, 6.45) is 0.278. The Morgan fingerprint density at radius 1 is 1.18 bits per heavy atom. The second kappa shape index (κ2) is 8.60. The van der Waals surface area contributed by atoms with Gasteiger partial charge in [0.1, 0.15) is 0 Å². The van der Waals surface area contributed by atoms with E-state index in [0.717, 1.165) is 25.5 Å². The Bertz CT molecular complexity index is 677. The van der Waals surface area contributed by atoms with Gasteiger partial charge in [0.2, 0.25) is 0 Å². The van der Waals surface area contributed by atoms with Gasteiger partial charge in [-0.3, -0.25) is 14.4 Å². The molecular weight excluding hydrogens is 366 g/mol. The molecule has 0 bridgehead atoms. The van der Waals surface area contributed by atoms with Crippen LogP contribution in [0.2, 0.25) is 0 Å². The number of rotatable bonds is 4. The average molecular weight is 382 g/mol. The van der Waals surface area contributed by atoms with Crippen LogP contribution in [0, 0.1) is 0 Å². The van der Waals surface area contributed by atoms with Crippen molar-refractivity contribution in [1.29, 1.82) is 0 Å². The highest BCUT2D eigenvalue weighted by molar-refractivity contribution is 9.10. The molecule has 0 aliphatic carbocycles. The fourth-order valence-electron chi connectivity index (χ4n) is 1.59. The molecule has 0 fully saturated rings. The molecule has 0 aliphatic rings. The van der Waals surface area contributed by atoms with Crippen molar-refractivity contribution < 1.29 is 14.4 Å². The first-order chi connectivity index (χ1) is 10.4. The Hall–Kier alpha value is -1.79. The van der Waals surface area contributed by atoms with E-state index in [9.17, 15) is 9.59 Å². The van der Waals surface area contributed by atoms with E-state index >= 15 is 0 Å². The standard InChI is InChI=1S/C13H12BrNOS.C3H4O2/c1-8(16)11-7-12(17-13(11)15-2)9-3-5-10(14)6-4-9;1-3(5)2-4/h3-7,15H,1-2H3;2H,1H3. The van der Waals surface area contributed by atoms with Gasteiger partial charge in [0.25, 0.3) is 0 Å². The van der Waals surface area contributed by atoms with Crippen LogP contribution in [0.15, 0.2) is 34.8 Å². The molecule has 0 unspecified atom stereocenters. The third-order valence-corrected chi connectivity index (χ3v) is 4.36. The fraction of sp³-hybridized carbons (Fsp3) is 0.188. The predicted molar refractivity (Wildman–Crippen MR) is 93.8 cm³/mol. The molecule has 1 N–H and O–H groups in total. The van der Waals surface area contributed by atoms with E-state index in [-0.39, 0.29) is 12.1 Å². The number of thiophene rings is 1. The van der Waals surface area contributed by atoms with E-state index in [4.69, 9.17) is 4.79 Å². The van der Waals surface area contributed by atoms with Gasteiger partial charge in [-0.15, -0.1) is 11.3 Å². The normalized spacial score (nSPS) is 9.45. The highest BCUT2D eigenvalue weighted by Crippen LogP contribution is 2.35. The van der Waals surface area contributed by atoms with Gasteiger partial charge in [-0.05, 0) is 30.7 Å². The van der Waals surface area contributed by atoms with Crippen LogP contribution in [0.1, 0.15) is 24.2 Å². The smallest absolute Gasteiger partial charge is 0.192 e. The van der Waals surface area contributed by atoms with E-state index in [1.807, 2.05) is 37.4 Å². The summed E-state index contributed by atoms with van der Waals surface area (Å²) < 4.78 is 1.05. The largest absolute Gasteiger partial charge is 0.379 e. The molecule has 4 nitrogen and oxygen atoms in total. The summed E-state index contributed by atoms with van der Waals surface area (Å²) in [5.41, 5.74) is 1.89. The molecule has 2 aromatic rings. The number of carbonyl (C=O) groups is 3. The van der Waals surface area contributed by atoms with Crippen LogP contribution in [-0.4, -0.2) is 24.9 Å². The van der Waals surface area contributed by atoms with Gasteiger partial charge in [0.15, 0.2) is 17.9 Å². The molecule has 116 valence electrons. The number of Topliss-reactive ketones (excluding diaryl/α,β-unsaturated/α-hetero) is 2. The number of halogens is 1.